The second-order valence-electron chi connectivity index (χ2n) is 6.52. The molecule has 1 heterocycles. The summed E-state index contributed by atoms with van der Waals surface area (Å²) in [6.45, 7) is 0. The van der Waals surface area contributed by atoms with Crippen molar-refractivity contribution in [2.45, 2.75) is 5.92 Å². The summed E-state index contributed by atoms with van der Waals surface area (Å²) in [4.78, 5) is 12.3. The van der Waals surface area contributed by atoms with E-state index in [2.05, 4.69) is 22.0 Å². The van der Waals surface area contributed by atoms with Gasteiger partial charge in [0.25, 0.3) is 0 Å². The Kier molecular flexibility index (Phi) is 5.25. The van der Waals surface area contributed by atoms with E-state index in [-0.39, 0.29) is 22.8 Å². The van der Waals surface area contributed by atoms with Crippen LogP contribution in [0.1, 0.15) is 27.4 Å². The number of benzene rings is 3. The standard InChI is InChI=1S/C23H14BrFN2O3/c24-18-7-3-1-5-14(18)21-16-10-9-13(11-20(16)30-22(27)17(21)12-26)29-23(28)15-6-2-4-8-19(15)25/h1-11,21H,27H2. The highest BCUT2D eigenvalue weighted by molar-refractivity contribution is 9.10. The molecule has 0 spiro atoms. The molecule has 148 valence electrons. The maximum Gasteiger partial charge on any atom is 0.346 e. The van der Waals surface area contributed by atoms with Crippen LogP contribution in [0.3, 0.4) is 0 Å². The van der Waals surface area contributed by atoms with Gasteiger partial charge in [-0.2, -0.15) is 5.26 Å². The maximum atomic E-state index is 13.8. The third-order valence-corrected chi connectivity index (χ3v) is 5.43. The van der Waals surface area contributed by atoms with Crippen LogP contribution in [0.15, 0.2) is 82.7 Å². The van der Waals surface area contributed by atoms with Gasteiger partial charge in [-0.15, -0.1) is 0 Å². The first-order chi connectivity index (χ1) is 14.5. The number of rotatable bonds is 3. The molecule has 1 aliphatic rings. The van der Waals surface area contributed by atoms with E-state index in [9.17, 15) is 14.4 Å². The number of nitrogens with zero attached hydrogens (tertiary/aromatic N) is 1. The summed E-state index contributed by atoms with van der Waals surface area (Å²) in [7, 11) is 0. The lowest BCUT2D eigenvalue weighted by atomic mass is 9.83. The molecule has 5 nitrogen and oxygen atoms in total. The predicted octanol–water partition coefficient (Wildman–Crippen LogP) is 5.03. The molecule has 0 amide bonds. The largest absolute Gasteiger partial charge is 0.440 e. The van der Waals surface area contributed by atoms with Crippen molar-refractivity contribution in [3.8, 4) is 17.6 Å². The molecule has 1 aliphatic heterocycles. The zero-order valence-corrected chi connectivity index (χ0v) is 17.0. The third kappa shape index (κ3) is 3.53. The second kappa shape index (κ2) is 8.01. The number of fused-ring (bicyclic) bond motifs is 1. The summed E-state index contributed by atoms with van der Waals surface area (Å²) in [6.07, 6.45) is 0. The lowest BCUT2D eigenvalue weighted by Crippen LogP contribution is -2.21. The van der Waals surface area contributed by atoms with Crippen molar-refractivity contribution in [1.29, 1.82) is 5.26 Å². The topological polar surface area (TPSA) is 85.3 Å². The van der Waals surface area contributed by atoms with Gasteiger partial charge in [0.15, 0.2) is 0 Å². The summed E-state index contributed by atoms with van der Waals surface area (Å²) in [5, 5.41) is 9.65. The van der Waals surface area contributed by atoms with E-state index in [4.69, 9.17) is 15.2 Å². The molecular formula is C23H14BrFN2O3. The number of allylic oxidation sites excluding steroid dienone is 1. The summed E-state index contributed by atoms with van der Waals surface area (Å²) >= 11 is 3.52. The lowest BCUT2D eigenvalue weighted by molar-refractivity contribution is 0.0729. The van der Waals surface area contributed by atoms with Crippen LogP contribution in [-0.4, -0.2) is 5.97 Å². The van der Waals surface area contributed by atoms with Crippen LogP contribution in [0, 0.1) is 17.1 Å². The Hall–Kier alpha value is -3.63. The molecule has 7 heteroatoms. The molecule has 2 N–H and O–H groups in total. The van der Waals surface area contributed by atoms with Gasteiger partial charge >= 0.3 is 5.97 Å². The normalized spacial score (nSPS) is 15.0. The van der Waals surface area contributed by atoms with Gasteiger partial charge in [0.1, 0.15) is 29.0 Å². The van der Waals surface area contributed by atoms with Gasteiger partial charge < -0.3 is 15.2 Å². The number of esters is 1. The number of nitriles is 1. The number of halogens is 2. The van der Waals surface area contributed by atoms with Gasteiger partial charge in [0.05, 0.1) is 11.5 Å². The highest BCUT2D eigenvalue weighted by atomic mass is 79.9. The minimum Gasteiger partial charge on any atom is -0.440 e. The summed E-state index contributed by atoms with van der Waals surface area (Å²) in [6, 6.07) is 20.0. The zero-order chi connectivity index (χ0) is 21.3. The first-order valence-corrected chi connectivity index (χ1v) is 9.71. The van der Waals surface area contributed by atoms with E-state index < -0.39 is 17.7 Å². The van der Waals surface area contributed by atoms with Crippen molar-refractivity contribution >= 4 is 21.9 Å². The molecule has 0 fully saturated rings. The van der Waals surface area contributed by atoms with E-state index in [1.54, 1.807) is 18.2 Å². The van der Waals surface area contributed by atoms with Crippen molar-refractivity contribution in [3.63, 3.8) is 0 Å². The first-order valence-electron chi connectivity index (χ1n) is 8.92. The molecule has 0 saturated carbocycles. The SMILES string of the molecule is N#CC1=C(N)Oc2cc(OC(=O)c3ccccc3F)ccc2C1c1ccccc1Br. The molecule has 4 rings (SSSR count). The van der Waals surface area contributed by atoms with Crippen LogP contribution in [0.2, 0.25) is 0 Å². The lowest BCUT2D eigenvalue weighted by Gasteiger charge is -2.27. The quantitative estimate of drug-likeness (QED) is 0.434. The van der Waals surface area contributed by atoms with Crippen LogP contribution in [0.4, 0.5) is 4.39 Å². The Morgan fingerprint density at radius 1 is 1.10 bits per heavy atom. The van der Waals surface area contributed by atoms with Crippen molar-refractivity contribution in [1.82, 2.24) is 0 Å². The minimum atomic E-state index is -0.826. The van der Waals surface area contributed by atoms with Gasteiger partial charge in [-0.25, -0.2) is 9.18 Å². The van der Waals surface area contributed by atoms with E-state index in [0.717, 1.165) is 10.0 Å². The molecule has 3 aromatic rings. The van der Waals surface area contributed by atoms with Gasteiger partial charge in [-0.1, -0.05) is 52.3 Å². The molecule has 30 heavy (non-hydrogen) atoms. The van der Waals surface area contributed by atoms with Crippen molar-refractivity contribution in [2.75, 3.05) is 0 Å². The van der Waals surface area contributed by atoms with Crippen LogP contribution < -0.4 is 15.2 Å². The number of hydrogen-bond donors (Lipinski definition) is 1. The molecule has 3 aromatic carbocycles. The van der Waals surface area contributed by atoms with Gasteiger partial charge in [-0.05, 0) is 29.8 Å². The van der Waals surface area contributed by atoms with E-state index >= 15 is 0 Å². The van der Waals surface area contributed by atoms with E-state index in [1.165, 1.54) is 24.3 Å². The molecule has 0 aromatic heterocycles. The highest BCUT2D eigenvalue weighted by Gasteiger charge is 2.32. The smallest absolute Gasteiger partial charge is 0.346 e. The number of ether oxygens (including phenoxy) is 2. The minimum absolute atomic E-state index is 0.0247. The molecule has 0 aliphatic carbocycles. The molecule has 0 bridgehead atoms. The molecule has 0 radical (unpaired) electrons. The Balaban J connectivity index is 1.73. The van der Waals surface area contributed by atoms with Crippen LogP contribution in [0.25, 0.3) is 0 Å². The first kappa shape index (κ1) is 19.7. The molecular weight excluding hydrogens is 451 g/mol. The van der Waals surface area contributed by atoms with Crippen molar-refractivity contribution < 1.29 is 18.7 Å². The summed E-state index contributed by atoms with van der Waals surface area (Å²) in [5.74, 6) is -1.45. The van der Waals surface area contributed by atoms with Crippen LogP contribution in [-0.2, 0) is 0 Å². The Labute approximate surface area is 180 Å². The van der Waals surface area contributed by atoms with Gasteiger partial charge in [-0.3, -0.25) is 0 Å². The second-order valence-corrected chi connectivity index (χ2v) is 7.37. The predicted molar refractivity (Wildman–Crippen MR) is 111 cm³/mol. The van der Waals surface area contributed by atoms with E-state index in [1.807, 2.05) is 24.3 Å². The molecule has 1 atom stereocenters. The average molecular weight is 465 g/mol. The van der Waals surface area contributed by atoms with Gasteiger partial charge in [0.2, 0.25) is 5.88 Å². The third-order valence-electron chi connectivity index (χ3n) is 4.71. The highest BCUT2D eigenvalue weighted by Crippen LogP contribution is 2.45. The fourth-order valence-electron chi connectivity index (χ4n) is 3.32. The van der Waals surface area contributed by atoms with Crippen molar-refractivity contribution in [3.05, 3.63) is 105 Å². The maximum absolute atomic E-state index is 13.8. The number of carbonyl (C=O) groups is 1. The average Bonchev–Trinajstić information content (AvgIpc) is 2.73. The van der Waals surface area contributed by atoms with Crippen LogP contribution >= 0.6 is 15.9 Å². The Bertz CT molecular complexity index is 1230. The summed E-state index contributed by atoms with van der Waals surface area (Å²) in [5.41, 5.74) is 7.65. The van der Waals surface area contributed by atoms with E-state index in [0.29, 0.717) is 11.3 Å². The summed E-state index contributed by atoms with van der Waals surface area (Å²) < 4.78 is 25.6. The van der Waals surface area contributed by atoms with Crippen molar-refractivity contribution in [2.24, 2.45) is 5.73 Å². The molecule has 1 unspecified atom stereocenters. The Morgan fingerprint density at radius 3 is 2.57 bits per heavy atom. The monoisotopic (exact) mass is 464 g/mol. The Morgan fingerprint density at radius 2 is 1.83 bits per heavy atom. The fraction of sp³-hybridized carbons (Fsp3) is 0.0435. The van der Waals surface area contributed by atoms with Crippen LogP contribution in [0.5, 0.6) is 11.5 Å². The number of hydrogen-bond acceptors (Lipinski definition) is 5. The number of nitrogens with two attached hydrogens (primary N) is 1. The fourth-order valence-corrected chi connectivity index (χ4v) is 3.83. The number of carbonyl (C=O) groups excluding carboxylic acids is 1. The zero-order valence-electron chi connectivity index (χ0n) is 15.4. The van der Waals surface area contributed by atoms with Gasteiger partial charge in [0, 0.05) is 16.1 Å². The molecule has 0 saturated heterocycles.